The van der Waals surface area contributed by atoms with E-state index in [1.807, 2.05) is 32.2 Å². The van der Waals surface area contributed by atoms with E-state index in [-0.39, 0.29) is 0 Å². The molecule has 0 unspecified atom stereocenters. The van der Waals surface area contributed by atoms with Gasteiger partial charge in [0.25, 0.3) is 0 Å². The summed E-state index contributed by atoms with van der Waals surface area (Å²) in [5.41, 5.74) is 1.24. The Kier molecular flexibility index (Phi) is 4.73. The van der Waals surface area contributed by atoms with E-state index in [0.717, 1.165) is 23.8 Å². The third kappa shape index (κ3) is 3.82. The highest BCUT2D eigenvalue weighted by atomic mass is 32.1. The first-order valence-electron chi connectivity index (χ1n) is 6.11. The van der Waals surface area contributed by atoms with Crippen molar-refractivity contribution in [2.75, 3.05) is 6.61 Å². The Morgan fingerprint density at radius 2 is 2.22 bits per heavy atom. The highest BCUT2D eigenvalue weighted by Gasteiger charge is 1.99. The second-order valence-corrected chi connectivity index (χ2v) is 5.35. The van der Waals surface area contributed by atoms with Crippen LogP contribution in [0.15, 0.2) is 30.5 Å². The molecule has 0 saturated heterocycles. The van der Waals surface area contributed by atoms with Crippen molar-refractivity contribution in [1.82, 2.24) is 10.3 Å². The lowest BCUT2D eigenvalue weighted by Gasteiger charge is -2.06. The summed E-state index contributed by atoms with van der Waals surface area (Å²) in [6.07, 6.45) is 1.93. The van der Waals surface area contributed by atoms with Crippen LogP contribution in [0, 0.1) is 6.92 Å². The molecular formula is C14H18N2OS. The molecule has 4 heteroatoms. The van der Waals surface area contributed by atoms with Crippen molar-refractivity contribution in [2.24, 2.45) is 0 Å². The Morgan fingerprint density at radius 3 is 2.94 bits per heavy atom. The van der Waals surface area contributed by atoms with Crippen molar-refractivity contribution in [3.05, 3.63) is 45.9 Å². The standard InChI is InChI=1S/C14H18N2OS/c1-3-17-13-6-4-5-12(7-13)8-15-9-14-10-16-11(2)18-14/h4-7,10,15H,3,8-9H2,1-2H3. The van der Waals surface area contributed by atoms with Crippen LogP contribution in [0.4, 0.5) is 0 Å². The predicted octanol–water partition coefficient (Wildman–Crippen LogP) is 3.14. The van der Waals surface area contributed by atoms with Crippen LogP contribution in [0.1, 0.15) is 22.4 Å². The molecule has 0 bridgehead atoms. The number of hydrogen-bond donors (Lipinski definition) is 1. The number of aryl methyl sites for hydroxylation is 1. The molecule has 0 aliphatic heterocycles. The summed E-state index contributed by atoms with van der Waals surface area (Å²) in [6.45, 7) is 6.44. The minimum absolute atomic E-state index is 0.705. The second kappa shape index (κ2) is 6.52. The number of aromatic nitrogens is 1. The highest BCUT2D eigenvalue weighted by Crippen LogP contribution is 2.14. The summed E-state index contributed by atoms with van der Waals surface area (Å²) in [7, 11) is 0. The van der Waals surface area contributed by atoms with Crippen molar-refractivity contribution >= 4 is 11.3 Å². The zero-order valence-electron chi connectivity index (χ0n) is 10.8. The number of thiazole rings is 1. The smallest absolute Gasteiger partial charge is 0.119 e. The first-order valence-corrected chi connectivity index (χ1v) is 6.93. The van der Waals surface area contributed by atoms with E-state index in [0.29, 0.717) is 6.61 Å². The molecule has 2 rings (SSSR count). The van der Waals surface area contributed by atoms with E-state index in [9.17, 15) is 0 Å². The minimum Gasteiger partial charge on any atom is -0.494 e. The molecule has 1 aromatic carbocycles. The lowest BCUT2D eigenvalue weighted by molar-refractivity contribution is 0.340. The van der Waals surface area contributed by atoms with Gasteiger partial charge in [-0.3, -0.25) is 0 Å². The van der Waals surface area contributed by atoms with E-state index in [1.165, 1.54) is 10.4 Å². The highest BCUT2D eigenvalue weighted by molar-refractivity contribution is 7.11. The topological polar surface area (TPSA) is 34.1 Å². The number of benzene rings is 1. The molecule has 0 amide bonds. The summed E-state index contributed by atoms with van der Waals surface area (Å²) in [5, 5.41) is 4.53. The van der Waals surface area contributed by atoms with Gasteiger partial charge in [-0.05, 0) is 31.5 Å². The van der Waals surface area contributed by atoms with Crippen LogP contribution in [0.5, 0.6) is 5.75 Å². The van der Waals surface area contributed by atoms with E-state index >= 15 is 0 Å². The lowest BCUT2D eigenvalue weighted by Crippen LogP contribution is -2.11. The van der Waals surface area contributed by atoms with Crippen molar-refractivity contribution in [3.8, 4) is 5.75 Å². The summed E-state index contributed by atoms with van der Waals surface area (Å²) >= 11 is 1.74. The first kappa shape index (κ1) is 13.1. The van der Waals surface area contributed by atoms with Gasteiger partial charge in [0.2, 0.25) is 0 Å². The summed E-state index contributed by atoms with van der Waals surface area (Å²) in [4.78, 5) is 5.51. The molecule has 0 atom stereocenters. The van der Waals surface area contributed by atoms with Crippen molar-refractivity contribution in [3.63, 3.8) is 0 Å². The van der Waals surface area contributed by atoms with Crippen LogP contribution < -0.4 is 10.1 Å². The van der Waals surface area contributed by atoms with Crippen molar-refractivity contribution in [1.29, 1.82) is 0 Å². The van der Waals surface area contributed by atoms with Crippen LogP contribution in [0.2, 0.25) is 0 Å². The largest absolute Gasteiger partial charge is 0.494 e. The molecule has 18 heavy (non-hydrogen) atoms. The van der Waals surface area contributed by atoms with Gasteiger partial charge >= 0.3 is 0 Å². The van der Waals surface area contributed by atoms with Crippen molar-refractivity contribution in [2.45, 2.75) is 26.9 Å². The van der Waals surface area contributed by atoms with Gasteiger partial charge in [0.05, 0.1) is 11.6 Å². The average Bonchev–Trinajstić information content (AvgIpc) is 2.76. The molecule has 1 N–H and O–H groups in total. The van der Waals surface area contributed by atoms with Gasteiger partial charge in [-0.2, -0.15) is 0 Å². The molecule has 1 heterocycles. The maximum absolute atomic E-state index is 5.48. The zero-order valence-corrected chi connectivity index (χ0v) is 11.6. The van der Waals surface area contributed by atoms with Crippen LogP contribution >= 0.6 is 11.3 Å². The number of nitrogens with zero attached hydrogens (tertiary/aromatic N) is 1. The molecule has 0 radical (unpaired) electrons. The molecule has 3 nitrogen and oxygen atoms in total. The van der Waals surface area contributed by atoms with Crippen LogP contribution in [-0.4, -0.2) is 11.6 Å². The number of nitrogens with one attached hydrogen (secondary N) is 1. The summed E-state index contributed by atoms with van der Waals surface area (Å²) in [6, 6.07) is 8.19. The van der Waals surface area contributed by atoms with Gasteiger partial charge in [0.15, 0.2) is 0 Å². The second-order valence-electron chi connectivity index (χ2n) is 4.03. The number of ether oxygens (including phenoxy) is 1. The van der Waals surface area contributed by atoms with Crippen LogP contribution in [-0.2, 0) is 13.1 Å². The Bertz CT molecular complexity index is 496. The molecular weight excluding hydrogens is 244 g/mol. The predicted molar refractivity (Wildman–Crippen MR) is 75.0 cm³/mol. The molecule has 0 aliphatic carbocycles. The maximum Gasteiger partial charge on any atom is 0.119 e. The molecule has 96 valence electrons. The summed E-state index contributed by atoms with van der Waals surface area (Å²) < 4.78 is 5.48. The SMILES string of the molecule is CCOc1cccc(CNCc2cnc(C)s2)c1. The molecule has 2 aromatic rings. The molecule has 0 aliphatic rings. The Labute approximate surface area is 112 Å². The fraction of sp³-hybridized carbons (Fsp3) is 0.357. The Hall–Kier alpha value is -1.39. The van der Waals surface area contributed by atoms with Gasteiger partial charge in [-0.1, -0.05) is 12.1 Å². The fourth-order valence-electron chi connectivity index (χ4n) is 1.73. The fourth-order valence-corrected chi connectivity index (χ4v) is 2.49. The third-order valence-electron chi connectivity index (χ3n) is 2.51. The molecule has 0 fully saturated rings. The third-order valence-corrected chi connectivity index (χ3v) is 3.42. The molecule has 1 aromatic heterocycles. The van der Waals surface area contributed by atoms with Crippen LogP contribution in [0.3, 0.4) is 0 Å². The monoisotopic (exact) mass is 262 g/mol. The Morgan fingerprint density at radius 1 is 1.33 bits per heavy atom. The van der Waals surface area contributed by atoms with Gasteiger partial charge in [0, 0.05) is 24.2 Å². The number of rotatable bonds is 6. The van der Waals surface area contributed by atoms with E-state index in [2.05, 4.69) is 22.4 Å². The summed E-state index contributed by atoms with van der Waals surface area (Å²) in [5.74, 6) is 0.936. The van der Waals surface area contributed by atoms with Gasteiger partial charge in [-0.15, -0.1) is 11.3 Å². The quantitative estimate of drug-likeness (QED) is 0.868. The minimum atomic E-state index is 0.705. The van der Waals surface area contributed by atoms with Gasteiger partial charge in [0.1, 0.15) is 5.75 Å². The molecule has 0 spiro atoms. The van der Waals surface area contributed by atoms with Gasteiger partial charge in [-0.25, -0.2) is 4.98 Å². The zero-order chi connectivity index (χ0) is 12.8. The van der Waals surface area contributed by atoms with Crippen LogP contribution in [0.25, 0.3) is 0 Å². The average molecular weight is 262 g/mol. The van der Waals surface area contributed by atoms with Crippen molar-refractivity contribution < 1.29 is 4.74 Å². The Balaban J connectivity index is 1.84. The van der Waals surface area contributed by atoms with E-state index < -0.39 is 0 Å². The van der Waals surface area contributed by atoms with Gasteiger partial charge < -0.3 is 10.1 Å². The van der Waals surface area contributed by atoms with E-state index in [4.69, 9.17) is 4.74 Å². The normalized spacial score (nSPS) is 10.6. The lowest BCUT2D eigenvalue weighted by atomic mass is 10.2. The van der Waals surface area contributed by atoms with E-state index in [1.54, 1.807) is 11.3 Å². The molecule has 0 saturated carbocycles. The number of hydrogen-bond acceptors (Lipinski definition) is 4. The maximum atomic E-state index is 5.48. The first-order chi connectivity index (χ1) is 8.78.